The average Bonchev–Trinajstić information content (AvgIpc) is 3.35. The number of amides is 3. The summed E-state index contributed by atoms with van der Waals surface area (Å²) in [6, 6.07) is 6.95. The van der Waals surface area contributed by atoms with Crippen molar-refractivity contribution in [3.63, 3.8) is 0 Å². The normalized spacial score (nSPS) is 11.5. The maximum atomic E-state index is 13.4. The number of benzene rings is 2. The van der Waals surface area contributed by atoms with Crippen LogP contribution in [0.5, 0.6) is 0 Å². The van der Waals surface area contributed by atoms with E-state index in [0.29, 0.717) is 40.5 Å². The SMILES string of the molecule is CNc1ncnc2c1ncn2-c1ccc(NC(=O)Nc2cc(C(=O)NC(CO)CO)cc(C(F)(F)F)c2)cc1. The van der Waals surface area contributed by atoms with E-state index >= 15 is 0 Å². The molecule has 0 aliphatic heterocycles. The third kappa shape index (κ3) is 6.22. The molecule has 0 atom stereocenters. The summed E-state index contributed by atoms with van der Waals surface area (Å²) in [4.78, 5) is 37.6. The number of rotatable bonds is 8. The Morgan fingerprint density at radius 1 is 0.974 bits per heavy atom. The molecule has 0 spiro atoms. The van der Waals surface area contributed by atoms with Crippen LogP contribution in [0.15, 0.2) is 55.1 Å². The second-order valence-corrected chi connectivity index (χ2v) is 8.22. The van der Waals surface area contributed by atoms with E-state index < -0.39 is 48.5 Å². The van der Waals surface area contributed by atoms with Gasteiger partial charge in [-0.15, -0.1) is 0 Å². The summed E-state index contributed by atoms with van der Waals surface area (Å²) in [5.74, 6) is -0.405. The number of aromatic nitrogens is 4. The number of halogens is 3. The number of aliphatic hydroxyl groups is 2. The molecule has 15 heteroatoms. The largest absolute Gasteiger partial charge is 0.416 e. The lowest BCUT2D eigenvalue weighted by Gasteiger charge is -2.16. The van der Waals surface area contributed by atoms with E-state index in [1.807, 2.05) is 0 Å². The minimum absolute atomic E-state index is 0.293. The zero-order chi connectivity index (χ0) is 28.2. The van der Waals surface area contributed by atoms with Crippen molar-refractivity contribution in [3.8, 4) is 5.69 Å². The molecule has 204 valence electrons. The molecule has 12 nitrogen and oxygen atoms in total. The van der Waals surface area contributed by atoms with Crippen LogP contribution in [0.25, 0.3) is 16.9 Å². The van der Waals surface area contributed by atoms with Gasteiger partial charge in [0.25, 0.3) is 5.91 Å². The fourth-order valence-corrected chi connectivity index (χ4v) is 3.62. The van der Waals surface area contributed by atoms with Crippen molar-refractivity contribution in [2.45, 2.75) is 12.2 Å². The standard InChI is InChI=1S/C24H23F3N8O4/c1-28-20-19-21(30-11-29-20)35(12-31-19)18-4-2-15(3-5-18)33-23(39)34-16-7-13(6-14(8-16)24(25,26)27)22(38)32-17(9-36)10-37/h2-8,11-12,17,36-37H,9-10H2,1H3,(H,32,38)(H,28,29,30)(H2,33,34,39). The molecular weight excluding hydrogens is 521 g/mol. The molecule has 0 bridgehead atoms. The average molecular weight is 544 g/mol. The van der Waals surface area contributed by atoms with Gasteiger partial charge in [-0.3, -0.25) is 9.36 Å². The number of imidazole rings is 1. The molecule has 0 saturated heterocycles. The molecule has 2 aromatic carbocycles. The first-order valence-corrected chi connectivity index (χ1v) is 11.4. The summed E-state index contributed by atoms with van der Waals surface area (Å²) in [5.41, 5.74) is 0.261. The molecule has 2 heterocycles. The van der Waals surface area contributed by atoms with E-state index in [1.54, 1.807) is 42.2 Å². The van der Waals surface area contributed by atoms with Gasteiger partial charge >= 0.3 is 12.2 Å². The van der Waals surface area contributed by atoms with Gasteiger partial charge in [-0.2, -0.15) is 13.2 Å². The summed E-state index contributed by atoms with van der Waals surface area (Å²) >= 11 is 0. The maximum absolute atomic E-state index is 13.4. The van der Waals surface area contributed by atoms with Gasteiger partial charge in [0.05, 0.1) is 24.8 Å². The zero-order valence-corrected chi connectivity index (χ0v) is 20.3. The van der Waals surface area contributed by atoms with Crippen molar-refractivity contribution in [2.75, 3.05) is 36.2 Å². The highest BCUT2D eigenvalue weighted by Gasteiger charge is 2.32. The first-order valence-electron chi connectivity index (χ1n) is 11.4. The first-order chi connectivity index (χ1) is 18.6. The number of hydrogen-bond acceptors (Lipinski definition) is 8. The molecule has 0 radical (unpaired) electrons. The van der Waals surface area contributed by atoms with E-state index in [2.05, 4.69) is 36.2 Å². The highest BCUT2D eigenvalue weighted by atomic mass is 19.4. The number of fused-ring (bicyclic) bond motifs is 1. The molecule has 0 saturated carbocycles. The van der Waals surface area contributed by atoms with Crippen LogP contribution in [0.3, 0.4) is 0 Å². The van der Waals surface area contributed by atoms with Crippen molar-refractivity contribution in [1.29, 1.82) is 0 Å². The fourth-order valence-electron chi connectivity index (χ4n) is 3.62. The van der Waals surface area contributed by atoms with Gasteiger partial charge in [0.1, 0.15) is 12.7 Å². The Balaban J connectivity index is 1.50. The molecule has 2 aromatic heterocycles. The van der Waals surface area contributed by atoms with E-state index in [9.17, 15) is 22.8 Å². The van der Waals surface area contributed by atoms with Gasteiger partial charge in [0.15, 0.2) is 17.0 Å². The predicted molar refractivity (Wildman–Crippen MR) is 136 cm³/mol. The minimum Gasteiger partial charge on any atom is -0.394 e. The highest BCUT2D eigenvalue weighted by molar-refractivity contribution is 6.01. The number of nitrogens with one attached hydrogen (secondary N) is 4. The predicted octanol–water partition coefficient (Wildman–Crippen LogP) is 2.60. The van der Waals surface area contributed by atoms with Crippen LogP contribution < -0.4 is 21.3 Å². The number of anilines is 3. The van der Waals surface area contributed by atoms with Crippen LogP contribution in [0, 0.1) is 0 Å². The van der Waals surface area contributed by atoms with Gasteiger partial charge in [0, 0.05) is 29.7 Å². The Morgan fingerprint density at radius 3 is 2.31 bits per heavy atom. The Bertz CT molecular complexity index is 1490. The van der Waals surface area contributed by atoms with E-state index in [0.717, 1.165) is 6.07 Å². The van der Waals surface area contributed by atoms with Crippen LogP contribution >= 0.6 is 0 Å². The lowest BCUT2D eigenvalue weighted by molar-refractivity contribution is -0.137. The van der Waals surface area contributed by atoms with Crippen molar-refractivity contribution in [2.24, 2.45) is 0 Å². The molecule has 4 aromatic rings. The molecular formula is C24H23F3N8O4. The molecule has 0 aliphatic carbocycles. The van der Waals surface area contributed by atoms with E-state index in [4.69, 9.17) is 10.2 Å². The van der Waals surface area contributed by atoms with Gasteiger partial charge < -0.3 is 31.5 Å². The first kappa shape index (κ1) is 27.3. The fraction of sp³-hybridized carbons (Fsp3) is 0.208. The number of carbonyl (C=O) groups is 2. The Hall–Kier alpha value is -4.76. The quantitative estimate of drug-likeness (QED) is 0.197. The number of urea groups is 1. The molecule has 0 aliphatic rings. The molecule has 4 rings (SSSR count). The van der Waals surface area contributed by atoms with Crippen LogP contribution in [0.1, 0.15) is 15.9 Å². The third-order valence-corrected chi connectivity index (χ3v) is 5.53. The van der Waals surface area contributed by atoms with Crippen molar-refractivity contribution < 1.29 is 33.0 Å². The summed E-state index contributed by atoms with van der Waals surface area (Å²) in [6.07, 6.45) is -1.84. The molecule has 6 N–H and O–H groups in total. The number of nitrogens with zero attached hydrogens (tertiary/aromatic N) is 4. The monoisotopic (exact) mass is 544 g/mol. The van der Waals surface area contributed by atoms with Crippen LogP contribution in [-0.2, 0) is 6.18 Å². The summed E-state index contributed by atoms with van der Waals surface area (Å²) in [6.45, 7) is -1.23. The third-order valence-electron chi connectivity index (χ3n) is 5.53. The van der Waals surface area contributed by atoms with Gasteiger partial charge in [-0.1, -0.05) is 0 Å². The molecule has 3 amide bonds. The van der Waals surface area contributed by atoms with Crippen LogP contribution in [0.4, 0.5) is 35.2 Å². The Morgan fingerprint density at radius 2 is 1.67 bits per heavy atom. The lowest BCUT2D eigenvalue weighted by Crippen LogP contribution is -2.40. The van der Waals surface area contributed by atoms with Gasteiger partial charge in [-0.05, 0) is 42.5 Å². The van der Waals surface area contributed by atoms with Gasteiger partial charge in [-0.25, -0.2) is 19.7 Å². The van der Waals surface area contributed by atoms with Crippen molar-refractivity contribution >= 4 is 40.3 Å². The second-order valence-electron chi connectivity index (χ2n) is 8.22. The molecule has 39 heavy (non-hydrogen) atoms. The van der Waals surface area contributed by atoms with Crippen LogP contribution in [0.2, 0.25) is 0 Å². The van der Waals surface area contributed by atoms with E-state index in [1.165, 1.54) is 6.33 Å². The molecule has 0 unspecified atom stereocenters. The topological polar surface area (TPSA) is 166 Å². The highest BCUT2D eigenvalue weighted by Crippen LogP contribution is 2.32. The van der Waals surface area contributed by atoms with Crippen molar-refractivity contribution in [1.82, 2.24) is 24.8 Å². The van der Waals surface area contributed by atoms with E-state index in [-0.39, 0.29) is 5.69 Å². The summed E-state index contributed by atoms with van der Waals surface area (Å²) in [5, 5.41) is 28.2. The zero-order valence-electron chi connectivity index (χ0n) is 20.3. The summed E-state index contributed by atoms with van der Waals surface area (Å²) in [7, 11) is 1.71. The number of carbonyl (C=O) groups excluding carboxylic acids is 2. The summed E-state index contributed by atoms with van der Waals surface area (Å²) < 4.78 is 42.0. The number of alkyl halides is 3. The van der Waals surface area contributed by atoms with Crippen LogP contribution in [-0.4, -0.2) is 68.0 Å². The number of aliphatic hydroxyl groups excluding tert-OH is 2. The van der Waals surface area contributed by atoms with Gasteiger partial charge in [0.2, 0.25) is 0 Å². The van der Waals surface area contributed by atoms with Crippen molar-refractivity contribution in [3.05, 3.63) is 66.2 Å². The molecule has 0 fully saturated rings. The Kier molecular flexibility index (Phi) is 7.92. The number of hydrogen-bond donors (Lipinski definition) is 6. The smallest absolute Gasteiger partial charge is 0.394 e. The maximum Gasteiger partial charge on any atom is 0.416 e. The lowest BCUT2D eigenvalue weighted by atomic mass is 10.1. The second kappa shape index (κ2) is 11.3. The Labute approximate surface area is 218 Å². The minimum atomic E-state index is -4.80.